The lowest BCUT2D eigenvalue weighted by atomic mass is 10.1. The van der Waals surface area contributed by atoms with Gasteiger partial charge in [-0.3, -0.25) is 9.10 Å². The van der Waals surface area contributed by atoms with E-state index in [1.807, 2.05) is 19.9 Å². The zero-order valence-electron chi connectivity index (χ0n) is 23.0. The van der Waals surface area contributed by atoms with Gasteiger partial charge in [-0.25, -0.2) is 13.8 Å². The van der Waals surface area contributed by atoms with Crippen LogP contribution in [0, 0.1) is 27.7 Å². The minimum absolute atomic E-state index is 0.00311. The number of aromatic nitrogens is 1. The summed E-state index contributed by atoms with van der Waals surface area (Å²) in [5.41, 5.74) is 8.98. The summed E-state index contributed by atoms with van der Waals surface area (Å²) in [5, 5.41) is 4.46. The number of nitrogens with zero attached hydrogens (tertiary/aromatic N) is 3. The second kappa shape index (κ2) is 12.0. The molecule has 0 unspecified atom stereocenters. The molecule has 0 aliphatic carbocycles. The number of halogens is 1. The van der Waals surface area contributed by atoms with E-state index >= 15 is 0 Å². The van der Waals surface area contributed by atoms with Gasteiger partial charge in [-0.1, -0.05) is 23.7 Å². The van der Waals surface area contributed by atoms with Crippen LogP contribution in [-0.4, -0.2) is 38.8 Å². The quantitative estimate of drug-likeness (QED) is 0.203. The Balaban J connectivity index is 1.56. The Morgan fingerprint density at radius 2 is 1.73 bits per heavy atom. The molecule has 3 aromatic carbocycles. The first-order valence-corrected chi connectivity index (χ1v) is 14.3. The van der Waals surface area contributed by atoms with Gasteiger partial charge in [0.1, 0.15) is 12.3 Å². The van der Waals surface area contributed by atoms with Crippen molar-refractivity contribution in [2.24, 2.45) is 5.10 Å². The molecule has 0 atom stereocenters. The van der Waals surface area contributed by atoms with Crippen LogP contribution in [0.5, 0.6) is 5.75 Å². The summed E-state index contributed by atoms with van der Waals surface area (Å²) >= 11 is 6.14. The van der Waals surface area contributed by atoms with Gasteiger partial charge in [0.15, 0.2) is 0 Å². The number of benzene rings is 3. The number of hydrogen-bond donors (Lipinski definition) is 1. The maximum atomic E-state index is 13.6. The van der Waals surface area contributed by atoms with Crippen LogP contribution in [0.3, 0.4) is 0 Å². The molecule has 0 spiro atoms. The lowest BCUT2D eigenvalue weighted by Crippen LogP contribution is -2.39. The number of ether oxygens (including phenoxy) is 1. The summed E-state index contributed by atoms with van der Waals surface area (Å²) in [6, 6.07) is 20.5. The number of rotatable bonds is 9. The molecule has 1 heterocycles. The van der Waals surface area contributed by atoms with Crippen molar-refractivity contribution in [1.82, 2.24) is 9.99 Å². The second-order valence-corrected chi connectivity index (χ2v) is 11.7. The van der Waals surface area contributed by atoms with Crippen molar-refractivity contribution < 1.29 is 17.9 Å². The molecule has 4 aromatic rings. The number of sulfonamides is 1. The summed E-state index contributed by atoms with van der Waals surface area (Å²) in [4.78, 5) is 12.9. The van der Waals surface area contributed by atoms with Crippen LogP contribution in [0.15, 0.2) is 82.8 Å². The Bertz CT molecular complexity index is 1680. The van der Waals surface area contributed by atoms with Crippen LogP contribution in [0.2, 0.25) is 5.02 Å². The van der Waals surface area contributed by atoms with Gasteiger partial charge in [0, 0.05) is 27.7 Å². The molecule has 0 fully saturated rings. The zero-order chi connectivity index (χ0) is 29.0. The Morgan fingerprint density at radius 1 is 1.00 bits per heavy atom. The highest BCUT2D eigenvalue weighted by Gasteiger charge is 2.27. The van der Waals surface area contributed by atoms with Crippen LogP contribution in [0.1, 0.15) is 28.1 Å². The summed E-state index contributed by atoms with van der Waals surface area (Å²) in [5.74, 6) is -0.103. The largest absolute Gasteiger partial charge is 0.497 e. The van der Waals surface area contributed by atoms with Crippen molar-refractivity contribution in [2.45, 2.75) is 32.6 Å². The van der Waals surface area contributed by atoms with E-state index in [0.717, 1.165) is 26.9 Å². The van der Waals surface area contributed by atoms with Gasteiger partial charge in [0.05, 0.1) is 23.9 Å². The standard InChI is InChI=1S/C30H31ClN4O4S/c1-20-9-10-27(15-21(20)2)35-22(3)16-24(23(35)4)18-32-33-30(36)19-34(26-8-6-7-25(31)17-26)40(37,38)29-13-11-28(39-5)12-14-29/h6-18H,19H2,1-5H3,(H,33,36)/b32-18-. The first-order chi connectivity index (χ1) is 19.0. The monoisotopic (exact) mass is 578 g/mol. The molecule has 4 rings (SSSR count). The predicted octanol–water partition coefficient (Wildman–Crippen LogP) is 5.72. The molecular formula is C30H31ClN4O4S. The topological polar surface area (TPSA) is 93.0 Å². The smallest absolute Gasteiger partial charge is 0.264 e. The molecule has 40 heavy (non-hydrogen) atoms. The van der Waals surface area contributed by atoms with Crippen LogP contribution in [0.4, 0.5) is 5.69 Å². The molecule has 1 N–H and O–H groups in total. The van der Waals surface area contributed by atoms with Crippen molar-refractivity contribution >= 4 is 39.4 Å². The van der Waals surface area contributed by atoms with Gasteiger partial charge >= 0.3 is 0 Å². The summed E-state index contributed by atoms with van der Waals surface area (Å²) in [6.07, 6.45) is 1.56. The average molecular weight is 579 g/mol. The summed E-state index contributed by atoms with van der Waals surface area (Å²) in [7, 11) is -2.62. The van der Waals surface area contributed by atoms with Crippen LogP contribution in [0.25, 0.3) is 5.69 Å². The molecule has 0 aliphatic heterocycles. The lowest BCUT2D eigenvalue weighted by molar-refractivity contribution is -0.119. The second-order valence-electron chi connectivity index (χ2n) is 9.39. The molecular weight excluding hydrogens is 548 g/mol. The number of anilines is 1. The molecule has 8 nitrogen and oxygen atoms in total. The fourth-order valence-corrected chi connectivity index (χ4v) is 5.94. The molecule has 0 radical (unpaired) electrons. The highest BCUT2D eigenvalue weighted by Crippen LogP contribution is 2.27. The Morgan fingerprint density at radius 3 is 2.38 bits per heavy atom. The Kier molecular flexibility index (Phi) is 8.66. The minimum atomic E-state index is -4.11. The van der Waals surface area contributed by atoms with Gasteiger partial charge < -0.3 is 9.30 Å². The van der Waals surface area contributed by atoms with Crippen LogP contribution in [-0.2, 0) is 14.8 Å². The van der Waals surface area contributed by atoms with Gasteiger partial charge in [0.2, 0.25) is 0 Å². The maximum Gasteiger partial charge on any atom is 0.264 e. The zero-order valence-corrected chi connectivity index (χ0v) is 24.5. The number of carbonyl (C=O) groups is 1. The fourth-order valence-electron chi connectivity index (χ4n) is 4.34. The van der Waals surface area contributed by atoms with Crippen LogP contribution >= 0.6 is 11.6 Å². The predicted molar refractivity (Wildman–Crippen MR) is 159 cm³/mol. The molecule has 10 heteroatoms. The van der Waals surface area contributed by atoms with E-state index < -0.39 is 22.5 Å². The third kappa shape index (κ3) is 6.21. The van der Waals surface area contributed by atoms with Crippen molar-refractivity contribution in [3.8, 4) is 11.4 Å². The molecule has 1 amide bonds. The van der Waals surface area contributed by atoms with E-state index in [-0.39, 0.29) is 10.6 Å². The number of methoxy groups -OCH3 is 1. The van der Waals surface area contributed by atoms with E-state index in [9.17, 15) is 13.2 Å². The number of amides is 1. The van der Waals surface area contributed by atoms with Crippen molar-refractivity contribution in [3.63, 3.8) is 0 Å². The Hall–Kier alpha value is -4.08. The number of hydrogen-bond acceptors (Lipinski definition) is 5. The molecule has 208 valence electrons. The SMILES string of the molecule is COc1ccc(S(=O)(=O)N(CC(=O)N/N=C\c2cc(C)n(-c3ccc(C)c(C)c3)c2C)c2cccc(Cl)c2)cc1. The first kappa shape index (κ1) is 28.9. The number of aryl methyl sites for hydroxylation is 3. The number of carbonyl (C=O) groups excluding carboxylic acids is 1. The van der Waals surface area contributed by atoms with E-state index in [1.54, 1.807) is 36.5 Å². The average Bonchev–Trinajstić information content (AvgIpc) is 3.21. The first-order valence-electron chi connectivity index (χ1n) is 12.5. The van der Waals surface area contributed by atoms with Crippen molar-refractivity contribution in [2.75, 3.05) is 18.0 Å². The highest BCUT2D eigenvalue weighted by molar-refractivity contribution is 7.92. The van der Waals surface area contributed by atoms with E-state index in [2.05, 4.69) is 47.1 Å². The molecule has 0 aliphatic rings. The Labute approximate surface area is 239 Å². The summed E-state index contributed by atoms with van der Waals surface area (Å²) in [6.45, 7) is 7.63. The van der Waals surface area contributed by atoms with E-state index in [0.29, 0.717) is 10.8 Å². The molecule has 0 bridgehead atoms. The van der Waals surface area contributed by atoms with E-state index in [1.165, 1.54) is 36.4 Å². The third-order valence-electron chi connectivity index (χ3n) is 6.64. The van der Waals surface area contributed by atoms with Gasteiger partial charge in [0.25, 0.3) is 15.9 Å². The van der Waals surface area contributed by atoms with Crippen molar-refractivity contribution in [3.05, 3.63) is 106 Å². The molecule has 1 aromatic heterocycles. The number of hydrazone groups is 1. The lowest BCUT2D eigenvalue weighted by Gasteiger charge is -2.24. The summed E-state index contributed by atoms with van der Waals surface area (Å²) < 4.78 is 35.4. The van der Waals surface area contributed by atoms with Gasteiger partial charge in [-0.05, 0) is 99.5 Å². The highest BCUT2D eigenvalue weighted by atomic mass is 35.5. The fraction of sp³-hybridized carbons (Fsp3) is 0.200. The van der Waals surface area contributed by atoms with Crippen molar-refractivity contribution in [1.29, 1.82) is 0 Å². The molecule has 0 saturated heterocycles. The number of nitrogens with one attached hydrogen (secondary N) is 1. The van der Waals surface area contributed by atoms with Gasteiger partial charge in [-0.15, -0.1) is 0 Å². The molecule has 0 saturated carbocycles. The van der Waals surface area contributed by atoms with Crippen LogP contribution < -0.4 is 14.5 Å². The minimum Gasteiger partial charge on any atom is -0.497 e. The normalized spacial score (nSPS) is 11.6. The van der Waals surface area contributed by atoms with Gasteiger partial charge in [-0.2, -0.15) is 5.10 Å². The third-order valence-corrected chi connectivity index (χ3v) is 8.67. The maximum absolute atomic E-state index is 13.6. The van der Waals surface area contributed by atoms with E-state index in [4.69, 9.17) is 16.3 Å².